The number of hydrogen-bond donors (Lipinski definition) is 0. The lowest BCUT2D eigenvalue weighted by atomic mass is 9.91. The average molecular weight is 340 g/mol. The molecule has 1 aliphatic carbocycles. The molecule has 19 heavy (non-hydrogen) atoms. The van der Waals surface area contributed by atoms with Crippen LogP contribution in [-0.4, -0.2) is 17.9 Å². The van der Waals surface area contributed by atoms with Gasteiger partial charge < -0.3 is 4.90 Å². The smallest absolute Gasteiger partial charge is 0.365 e. The first-order valence-corrected chi connectivity index (χ1v) is 7.25. The molecular weight excluding hydrogens is 326 g/mol. The van der Waals surface area contributed by atoms with Crippen LogP contribution in [0.15, 0.2) is 18.2 Å². The molecule has 0 atom stereocenters. The van der Waals surface area contributed by atoms with E-state index in [0.29, 0.717) is 17.9 Å². The number of rotatable bonds is 4. The maximum Gasteiger partial charge on any atom is 0.416 e. The lowest BCUT2D eigenvalue weighted by Gasteiger charge is -2.39. The fraction of sp³-hybridized carbons (Fsp3) is 0.538. The third kappa shape index (κ3) is 3.22. The zero-order valence-corrected chi connectivity index (χ0v) is 11.8. The van der Waals surface area contributed by atoms with E-state index in [9.17, 15) is 17.6 Å². The summed E-state index contributed by atoms with van der Waals surface area (Å²) in [5.41, 5.74) is -0.682. The van der Waals surface area contributed by atoms with E-state index in [4.69, 9.17) is 0 Å². The Hall–Kier alpha value is -0.780. The number of alkyl halides is 4. The molecule has 1 saturated carbocycles. The van der Waals surface area contributed by atoms with E-state index in [-0.39, 0.29) is 11.7 Å². The maximum absolute atomic E-state index is 13.9. The van der Waals surface area contributed by atoms with Gasteiger partial charge in [0, 0.05) is 17.9 Å². The van der Waals surface area contributed by atoms with Crippen molar-refractivity contribution in [2.24, 2.45) is 0 Å². The first-order valence-electron chi connectivity index (χ1n) is 6.13. The Balaban J connectivity index is 2.27. The lowest BCUT2D eigenvalue weighted by Crippen LogP contribution is -2.41. The molecule has 1 fully saturated rings. The lowest BCUT2D eigenvalue weighted by molar-refractivity contribution is -0.137. The summed E-state index contributed by atoms with van der Waals surface area (Å²) in [6.07, 6.45) is -1.48. The van der Waals surface area contributed by atoms with Gasteiger partial charge in [0.2, 0.25) is 0 Å². The van der Waals surface area contributed by atoms with E-state index in [1.165, 1.54) is 6.07 Å². The molecule has 6 heteroatoms. The standard InChI is InChI=1S/C13H14BrF4N/c14-6-7-19(10-2-1-3-10)12-5-4-9(8-11(12)15)13(16,17)18/h4-5,8,10H,1-3,6-7H2. The van der Waals surface area contributed by atoms with Gasteiger partial charge in [0.15, 0.2) is 0 Å². The van der Waals surface area contributed by atoms with Crippen LogP contribution in [-0.2, 0) is 6.18 Å². The van der Waals surface area contributed by atoms with Crippen molar-refractivity contribution in [2.45, 2.75) is 31.5 Å². The van der Waals surface area contributed by atoms with Crippen molar-refractivity contribution >= 4 is 21.6 Å². The van der Waals surface area contributed by atoms with Crippen molar-refractivity contribution in [3.8, 4) is 0 Å². The SMILES string of the molecule is Fc1cc(C(F)(F)F)ccc1N(CCBr)C1CCC1. The minimum Gasteiger partial charge on any atom is -0.365 e. The van der Waals surface area contributed by atoms with Gasteiger partial charge in [-0.15, -0.1) is 0 Å². The maximum atomic E-state index is 13.9. The Kier molecular flexibility index (Phi) is 4.38. The number of benzene rings is 1. The number of nitrogens with zero attached hydrogens (tertiary/aromatic N) is 1. The van der Waals surface area contributed by atoms with Crippen LogP contribution in [0.3, 0.4) is 0 Å². The second-order valence-corrected chi connectivity index (χ2v) is 5.42. The monoisotopic (exact) mass is 339 g/mol. The minimum absolute atomic E-state index is 0.240. The summed E-state index contributed by atoms with van der Waals surface area (Å²) in [6, 6.07) is 3.00. The zero-order chi connectivity index (χ0) is 14.0. The predicted octanol–water partition coefficient (Wildman–Crippen LogP) is 4.60. The molecule has 106 valence electrons. The molecule has 0 saturated heterocycles. The van der Waals surface area contributed by atoms with E-state index in [1.807, 2.05) is 4.90 Å². The topological polar surface area (TPSA) is 3.24 Å². The largest absolute Gasteiger partial charge is 0.416 e. The van der Waals surface area contributed by atoms with Crippen molar-refractivity contribution in [3.63, 3.8) is 0 Å². The number of anilines is 1. The van der Waals surface area contributed by atoms with E-state index < -0.39 is 17.6 Å². The predicted molar refractivity (Wildman–Crippen MR) is 70.2 cm³/mol. The molecule has 0 unspecified atom stereocenters. The molecule has 0 aromatic heterocycles. The molecule has 1 aliphatic rings. The molecule has 0 N–H and O–H groups in total. The van der Waals surface area contributed by atoms with Crippen LogP contribution >= 0.6 is 15.9 Å². The van der Waals surface area contributed by atoms with Crippen LogP contribution < -0.4 is 4.90 Å². The summed E-state index contributed by atoms with van der Waals surface area (Å²) in [5, 5.41) is 0.657. The van der Waals surface area contributed by atoms with E-state index in [2.05, 4.69) is 15.9 Å². The fourth-order valence-electron chi connectivity index (χ4n) is 2.21. The van der Waals surface area contributed by atoms with Crippen molar-refractivity contribution in [1.82, 2.24) is 0 Å². The molecule has 1 nitrogen and oxygen atoms in total. The van der Waals surface area contributed by atoms with Crippen LogP contribution in [0.4, 0.5) is 23.2 Å². The molecule has 0 amide bonds. The van der Waals surface area contributed by atoms with Gasteiger partial charge in [0.05, 0.1) is 11.3 Å². The summed E-state index contributed by atoms with van der Waals surface area (Å²) in [6.45, 7) is 0.590. The molecule has 0 radical (unpaired) electrons. The molecule has 0 spiro atoms. The highest BCUT2D eigenvalue weighted by molar-refractivity contribution is 9.09. The molecule has 1 aromatic rings. The molecule has 1 aromatic carbocycles. The summed E-state index contributed by atoms with van der Waals surface area (Å²) in [7, 11) is 0. The Morgan fingerprint density at radius 3 is 2.37 bits per heavy atom. The third-order valence-electron chi connectivity index (χ3n) is 3.43. The fourth-order valence-corrected chi connectivity index (χ4v) is 2.59. The van der Waals surface area contributed by atoms with Crippen LogP contribution in [0, 0.1) is 5.82 Å². The Morgan fingerprint density at radius 2 is 1.95 bits per heavy atom. The molecule has 0 bridgehead atoms. The van der Waals surface area contributed by atoms with Gasteiger partial charge in [-0.1, -0.05) is 15.9 Å². The van der Waals surface area contributed by atoms with Gasteiger partial charge in [-0.25, -0.2) is 4.39 Å². The normalized spacial score (nSPS) is 16.3. The van der Waals surface area contributed by atoms with Gasteiger partial charge in [-0.05, 0) is 37.5 Å². The summed E-state index contributed by atoms with van der Waals surface area (Å²) in [5.74, 6) is -0.803. The van der Waals surface area contributed by atoms with Gasteiger partial charge in [0.25, 0.3) is 0 Å². The molecule has 2 rings (SSSR count). The second kappa shape index (κ2) is 5.69. The van der Waals surface area contributed by atoms with Gasteiger partial charge in [-0.2, -0.15) is 13.2 Å². The Bertz CT molecular complexity index is 443. The number of hydrogen-bond acceptors (Lipinski definition) is 1. The zero-order valence-electron chi connectivity index (χ0n) is 10.2. The van der Waals surface area contributed by atoms with Gasteiger partial charge in [0.1, 0.15) is 5.82 Å². The van der Waals surface area contributed by atoms with Crippen LogP contribution in [0.25, 0.3) is 0 Å². The summed E-state index contributed by atoms with van der Waals surface area (Å²) < 4.78 is 51.4. The first-order chi connectivity index (χ1) is 8.93. The molecule has 0 aliphatic heterocycles. The van der Waals surface area contributed by atoms with E-state index in [1.54, 1.807) is 0 Å². The highest BCUT2D eigenvalue weighted by Gasteiger charge is 2.32. The van der Waals surface area contributed by atoms with Crippen LogP contribution in [0.1, 0.15) is 24.8 Å². The highest BCUT2D eigenvalue weighted by atomic mass is 79.9. The molecule has 0 heterocycles. The van der Waals surface area contributed by atoms with Crippen molar-refractivity contribution < 1.29 is 17.6 Å². The van der Waals surface area contributed by atoms with E-state index in [0.717, 1.165) is 25.3 Å². The average Bonchev–Trinajstić information content (AvgIpc) is 2.24. The van der Waals surface area contributed by atoms with Crippen LogP contribution in [0.2, 0.25) is 0 Å². The third-order valence-corrected chi connectivity index (χ3v) is 3.78. The van der Waals surface area contributed by atoms with Crippen molar-refractivity contribution in [3.05, 3.63) is 29.6 Å². The van der Waals surface area contributed by atoms with Crippen molar-refractivity contribution in [1.29, 1.82) is 0 Å². The quantitative estimate of drug-likeness (QED) is 0.572. The first kappa shape index (κ1) is 14.6. The Labute approximate surface area is 117 Å². The number of halogens is 5. The van der Waals surface area contributed by atoms with Gasteiger partial charge >= 0.3 is 6.18 Å². The van der Waals surface area contributed by atoms with Crippen LogP contribution in [0.5, 0.6) is 0 Å². The minimum atomic E-state index is -4.50. The van der Waals surface area contributed by atoms with Crippen molar-refractivity contribution in [2.75, 3.05) is 16.8 Å². The summed E-state index contributed by atoms with van der Waals surface area (Å²) >= 11 is 3.30. The van der Waals surface area contributed by atoms with E-state index >= 15 is 0 Å². The molecular formula is C13H14BrF4N. The Morgan fingerprint density at radius 1 is 1.26 bits per heavy atom. The highest BCUT2D eigenvalue weighted by Crippen LogP contribution is 2.35. The van der Waals surface area contributed by atoms with Gasteiger partial charge in [-0.3, -0.25) is 0 Å². The second-order valence-electron chi connectivity index (χ2n) is 4.63. The summed E-state index contributed by atoms with van der Waals surface area (Å²) in [4.78, 5) is 1.85.